The summed E-state index contributed by atoms with van der Waals surface area (Å²) < 4.78 is 0. The molecule has 0 amide bonds. The van der Waals surface area contributed by atoms with Crippen LogP contribution in [0, 0.1) is 0 Å². The molecule has 0 aromatic heterocycles. The fourth-order valence-corrected chi connectivity index (χ4v) is 2.95. The number of hydrogen-bond acceptors (Lipinski definition) is 2. The Kier molecular flexibility index (Phi) is 3.64. The second-order valence-corrected chi connectivity index (χ2v) is 5.76. The maximum absolute atomic E-state index is 5.73. The maximum Gasteiger partial charge on any atom is 0.0426 e. The molecular formula is C18H22N2. The normalized spacial score (nSPS) is 13.8. The van der Waals surface area contributed by atoms with E-state index in [4.69, 9.17) is 5.73 Å². The lowest BCUT2D eigenvalue weighted by Gasteiger charge is -2.23. The quantitative estimate of drug-likeness (QED) is 0.857. The first-order chi connectivity index (χ1) is 9.72. The summed E-state index contributed by atoms with van der Waals surface area (Å²) in [5.41, 5.74) is 12.2. The van der Waals surface area contributed by atoms with Crippen molar-refractivity contribution in [3.63, 3.8) is 0 Å². The minimum Gasteiger partial charge on any atom is -0.399 e. The fourth-order valence-electron chi connectivity index (χ4n) is 2.95. The van der Waals surface area contributed by atoms with Crippen LogP contribution < -0.4 is 10.6 Å². The van der Waals surface area contributed by atoms with Crippen molar-refractivity contribution in [2.75, 3.05) is 17.7 Å². The molecule has 20 heavy (non-hydrogen) atoms. The minimum atomic E-state index is 0.824. The Morgan fingerprint density at radius 2 is 1.65 bits per heavy atom. The lowest BCUT2D eigenvalue weighted by Crippen LogP contribution is -2.17. The van der Waals surface area contributed by atoms with Crippen molar-refractivity contribution in [1.82, 2.24) is 0 Å². The summed E-state index contributed by atoms with van der Waals surface area (Å²) in [6.07, 6.45) is 5.15. The van der Waals surface area contributed by atoms with E-state index in [1.807, 2.05) is 12.1 Å². The third kappa shape index (κ3) is 2.79. The van der Waals surface area contributed by atoms with Crippen molar-refractivity contribution < 1.29 is 0 Å². The number of aryl methyl sites for hydroxylation is 2. The van der Waals surface area contributed by atoms with Gasteiger partial charge in [0, 0.05) is 25.0 Å². The zero-order valence-electron chi connectivity index (χ0n) is 12.1. The van der Waals surface area contributed by atoms with Gasteiger partial charge < -0.3 is 10.6 Å². The van der Waals surface area contributed by atoms with Crippen molar-refractivity contribution in [1.29, 1.82) is 0 Å². The Morgan fingerprint density at radius 3 is 2.40 bits per heavy atom. The molecule has 1 aliphatic carbocycles. The van der Waals surface area contributed by atoms with Gasteiger partial charge in [-0.1, -0.05) is 18.2 Å². The molecule has 2 heteroatoms. The van der Waals surface area contributed by atoms with Crippen LogP contribution in [0.5, 0.6) is 0 Å². The summed E-state index contributed by atoms with van der Waals surface area (Å²) in [5.74, 6) is 0. The summed E-state index contributed by atoms with van der Waals surface area (Å²) in [6, 6.07) is 15.1. The van der Waals surface area contributed by atoms with E-state index in [-0.39, 0.29) is 0 Å². The van der Waals surface area contributed by atoms with Gasteiger partial charge in [-0.25, -0.2) is 0 Å². The van der Waals surface area contributed by atoms with Gasteiger partial charge in [0.05, 0.1) is 0 Å². The lowest BCUT2D eigenvalue weighted by atomic mass is 9.91. The van der Waals surface area contributed by atoms with Crippen LogP contribution in [-0.4, -0.2) is 7.05 Å². The zero-order chi connectivity index (χ0) is 13.9. The standard InChI is InChI=1S/C18H22N2/c1-20(13-14-6-9-17(19)10-7-14)18-11-8-15-4-2-3-5-16(15)12-18/h6-12H,2-5,13,19H2,1H3. The van der Waals surface area contributed by atoms with Crippen LogP contribution in [0.25, 0.3) is 0 Å². The van der Waals surface area contributed by atoms with Gasteiger partial charge in [-0.05, 0) is 66.6 Å². The van der Waals surface area contributed by atoms with E-state index in [2.05, 4.69) is 42.3 Å². The van der Waals surface area contributed by atoms with Gasteiger partial charge in [0.1, 0.15) is 0 Å². The molecule has 0 heterocycles. The SMILES string of the molecule is CN(Cc1ccc(N)cc1)c1ccc2c(c1)CCCC2. The molecule has 0 radical (unpaired) electrons. The van der Waals surface area contributed by atoms with E-state index in [1.54, 1.807) is 5.56 Å². The topological polar surface area (TPSA) is 29.3 Å². The largest absolute Gasteiger partial charge is 0.399 e. The van der Waals surface area contributed by atoms with Gasteiger partial charge in [0.15, 0.2) is 0 Å². The van der Waals surface area contributed by atoms with Gasteiger partial charge >= 0.3 is 0 Å². The number of anilines is 2. The number of benzene rings is 2. The molecule has 2 aromatic rings. The number of hydrogen-bond donors (Lipinski definition) is 1. The molecule has 0 atom stereocenters. The third-order valence-corrected chi connectivity index (χ3v) is 4.17. The van der Waals surface area contributed by atoms with Gasteiger partial charge in [-0.15, -0.1) is 0 Å². The summed E-state index contributed by atoms with van der Waals surface area (Å²) in [4.78, 5) is 2.31. The summed E-state index contributed by atoms with van der Waals surface area (Å²) in [5, 5.41) is 0. The third-order valence-electron chi connectivity index (χ3n) is 4.17. The monoisotopic (exact) mass is 266 g/mol. The highest BCUT2D eigenvalue weighted by molar-refractivity contribution is 5.52. The Morgan fingerprint density at radius 1 is 0.950 bits per heavy atom. The first kappa shape index (κ1) is 13.0. The molecular weight excluding hydrogens is 244 g/mol. The van der Waals surface area contributed by atoms with Crippen LogP contribution in [0.1, 0.15) is 29.5 Å². The lowest BCUT2D eigenvalue weighted by molar-refractivity contribution is 0.685. The van der Waals surface area contributed by atoms with Gasteiger partial charge in [0.2, 0.25) is 0 Å². The Labute approximate surface area is 121 Å². The molecule has 3 rings (SSSR count). The summed E-state index contributed by atoms with van der Waals surface area (Å²) in [6.45, 7) is 0.916. The molecule has 0 saturated heterocycles. The van der Waals surface area contributed by atoms with E-state index in [1.165, 1.54) is 42.5 Å². The molecule has 0 saturated carbocycles. The van der Waals surface area contributed by atoms with Crippen molar-refractivity contribution in [2.45, 2.75) is 32.2 Å². The second-order valence-electron chi connectivity index (χ2n) is 5.76. The average Bonchev–Trinajstić information content (AvgIpc) is 2.49. The number of fused-ring (bicyclic) bond motifs is 1. The van der Waals surface area contributed by atoms with E-state index in [0.717, 1.165) is 12.2 Å². The summed E-state index contributed by atoms with van der Waals surface area (Å²) in [7, 11) is 2.15. The predicted molar refractivity (Wildman–Crippen MR) is 86.0 cm³/mol. The van der Waals surface area contributed by atoms with Crippen LogP contribution in [0.3, 0.4) is 0 Å². The van der Waals surface area contributed by atoms with Crippen molar-refractivity contribution in [2.24, 2.45) is 0 Å². The number of nitrogens with zero attached hydrogens (tertiary/aromatic N) is 1. The molecule has 0 spiro atoms. The van der Waals surface area contributed by atoms with Crippen LogP contribution in [0.4, 0.5) is 11.4 Å². The van der Waals surface area contributed by atoms with Crippen LogP contribution in [0.2, 0.25) is 0 Å². The molecule has 0 fully saturated rings. The van der Waals surface area contributed by atoms with Crippen molar-refractivity contribution >= 4 is 11.4 Å². The molecule has 104 valence electrons. The smallest absolute Gasteiger partial charge is 0.0426 e. The van der Waals surface area contributed by atoms with E-state index in [9.17, 15) is 0 Å². The van der Waals surface area contributed by atoms with Crippen molar-refractivity contribution in [3.05, 3.63) is 59.2 Å². The molecule has 2 nitrogen and oxygen atoms in total. The predicted octanol–water partition coefficient (Wildman–Crippen LogP) is 3.78. The Hall–Kier alpha value is -1.96. The molecule has 0 bridgehead atoms. The average molecular weight is 266 g/mol. The molecule has 0 unspecified atom stereocenters. The second kappa shape index (κ2) is 5.58. The van der Waals surface area contributed by atoms with Gasteiger partial charge in [-0.3, -0.25) is 0 Å². The highest BCUT2D eigenvalue weighted by atomic mass is 15.1. The molecule has 2 aromatic carbocycles. The van der Waals surface area contributed by atoms with Crippen LogP contribution >= 0.6 is 0 Å². The summed E-state index contributed by atoms with van der Waals surface area (Å²) >= 11 is 0. The van der Waals surface area contributed by atoms with E-state index >= 15 is 0 Å². The number of nitrogen functional groups attached to an aromatic ring is 1. The Bertz CT molecular complexity index is 587. The highest BCUT2D eigenvalue weighted by Gasteiger charge is 2.11. The first-order valence-electron chi connectivity index (χ1n) is 7.40. The number of nitrogens with two attached hydrogens (primary N) is 1. The van der Waals surface area contributed by atoms with E-state index < -0.39 is 0 Å². The zero-order valence-corrected chi connectivity index (χ0v) is 12.1. The van der Waals surface area contributed by atoms with Gasteiger partial charge in [0.25, 0.3) is 0 Å². The maximum atomic E-state index is 5.73. The first-order valence-corrected chi connectivity index (χ1v) is 7.40. The molecule has 2 N–H and O–H groups in total. The highest BCUT2D eigenvalue weighted by Crippen LogP contribution is 2.26. The fraction of sp³-hybridized carbons (Fsp3) is 0.333. The van der Waals surface area contributed by atoms with Crippen LogP contribution in [-0.2, 0) is 19.4 Å². The van der Waals surface area contributed by atoms with Gasteiger partial charge in [-0.2, -0.15) is 0 Å². The Balaban J connectivity index is 1.76. The molecule has 1 aliphatic rings. The van der Waals surface area contributed by atoms with E-state index in [0.29, 0.717) is 0 Å². The number of rotatable bonds is 3. The van der Waals surface area contributed by atoms with Crippen molar-refractivity contribution in [3.8, 4) is 0 Å². The molecule has 0 aliphatic heterocycles. The van der Waals surface area contributed by atoms with Crippen LogP contribution in [0.15, 0.2) is 42.5 Å². The minimum absolute atomic E-state index is 0.824.